The van der Waals surface area contributed by atoms with E-state index in [9.17, 15) is 4.79 Å². The lowest BCUT2D eigenvalue weighted by Gasteiger charge is -2.30. The van der Waals surface area contributed by atoms with E-state index in [1.807, 2.05) is 6.92 Å². The average Bonchev–Trinajstić information content (AvgIpc) is 2.86. The molecule has 1 aliphatic carbocycles. The number of nitrogens with one attached hydrogen (secondary N) is 1. The quantitative estimate of drug-likeness (QED) is 0.875. The van der Waals surface area contributed by atoms with Crippen molar-refractivity contribution in [3.63, 3.8) is 0 Å². The van der Waals surface area contributed by atoms with Crippen LogP contribution in [-0.2, 0) is 6.42 Å². The largest absolute Gasteiger partial charge is 0.360 e. The molecular formula is C15H26ClN3O2. The van der Waals surface area contributed by atoms with Crippen LogP contribution in [0.2, 0.25) is 0 Å². The first-order chi connectivity index (χ1) is 9.67. The first-order valence-corrected chi connectivity index (χ1v) is 7.63. The standard InChI is InChI=1S/C15H25N3O2.ClH/c1-3-13-14(10(2)18-20-13)15(19)17-12(9-16)11-7-5-4-6-8-11;/h11-12H,3-9,16H2,1-2H3,(H,17,19);1H. The molecule has 1 heterocycles. The fourth-order valence-electron chi connectivity index (χ4n) is 3.10. The van der Waals surface area contributed by atoms with E-state index in [-0.39, 0.29) is 24.4 Å². The van der Waals surface area contributed by atoms with Crippen molar-refractivity contribution in [3.05, 3.63) is 17.0 Å². The molecular weight excluding hydrogens is 290 g/mol. The number of aryl methyl sites for hydroxylation is 2. The van der Waals surface area contributed by atoms with E-state index in [0.717, 1.165) is 12.8 Å². The van der Waals surface area contributed by atoms with Crippen molar-refractivity contribution in [1.82, 2.24) is 10.5 Å². The number of hydrogen-bond acceptors (Lipinski definition) is 4. The molecule has 0 bridgehead atoms. The van der Waals surface area contributed by atoms with Crippen LogP contribution in [0, 0.1) is 12.8 Å². The molecule has 0 saturated heterocycles. The first kappa shape index (κ1) is 18.0. The smallest absolute Gasteiger partial charge is 0.257 e. The van der Waals surface area contributed by atoms with E-state index in [1.165, 1.54) is 19.3 Å². The van der Waals surface area contributed by atoms with Crippen LogP contribution in [0.25, 0.3) is 0 Å². The molecule has 5 nitrogen and oxygen atoms in total. The van der Waals surface area contributed by atoms with Gasteiger partial charge in [-0.1, -0.05) is 31.3 Å². The molecule has 1 amide bonds. The van der Waals surface area contributed by atoms with E-state index in [2.05, 4.69) is 10.5 Å². The lowest BCUT2D eigenvalue weighted by Crippen LogP contribution is -2.46. The van der Waals surface area contributed by atoms with Gasteiger partial charge >= 0.3 is 0 Å². The summed E-state index contributed by atoms with van der Waals surface area (Å²) in [5.74, 6) is 1.06. The number of aromatic nitrogens is 1. The van der Waals surface area contributed by atoms with Crippen LogP contribution in [0.1, 0.15) is 60.8 Å². The van der Waals surface area contributed by atoms with Crippen LogP contribution in [0.4, 0.5) is 0 Å². The normalized spacial score (nSPS) is 17.1. The molecule has 21 heavy (non-hydrogen) atoms. The summed E-state index contributed by atoms with van der Waals surface area (Å²) in [6, 6.07) is 0.0572. The maximum atomic E-state index is 12.5. The zero-order valence-corrected chi connectivity index (χ0v) is 13.7. The Hall–Kier alpha value is -1.07. The molecule has 1 unspecified atom stereocenters. The maximum Gasteiger partial charge on any atom is 0.257 e. The van der Waals surface area contributed by atoms with Gasteiger partial charge in [-0.05, 0) is 25.7 Å². The van der Waals surface area contributed by atoms with Crippen LogP contribution in [0.3, 0.4) is 0 Å². The van der Waals surface area contributed by atoms with Crippen molar-refractivity contribution >= 4 is 18.3 Å². The van der Waals surface area contributed by atoms with Crippen molar-refractivity contribution in [1.29, 1.82) is 0 Å². The molecule has 1 saturated carbocycles. The molecule has 1 aliphatic rings. The van der Waals surface area contributed by atoms with E-state index >= 15 is 0 Å². The van der Waals surface area contributed by atoms with Crippen LogP contribution >= 0.6 is 12.4 Å². The van der Waals surface area contributed by atoms with Gasteiger partial charge in [-0.15, -0.1) is 12.4 Å². The Morgan fingerprint density at radius 3 is 2.67 bits per heavy atom. The van der Waals surface area contributed by atoms with Gasteiger partial charge in [-0.2, -0.15) is 0 Å². The van der Waals surface area contributed by atoms with Crippen molar-refractivity contribution in [3.8, 4) is 0 Å². The zero-order chi connectivity index (χ0) is 14.5. The molecule has 0 aliphatic heterocycles. The summed E-state index contributed by atoms with van der Waals surface area (Å²) in [5.41, 5.74) is 7.10. The van der Waals surface area contributed by atoms with E-state index in [1.54, 1.807) is 6.92 Å². The summed E-state index contributed by atoms with van der Waals surface area (Å²) in [7, 11) is 0. The van der Waals surface area contributed by atoms with E-state index in [0.29, 0.717) is 35.9 Å². The van der Waals surface area contributed by atoms with Gasteiger partial charge in [0.1, 0.15) is 11.3 Å². The molecule has 1 fully saturated rings. The molecule has 0 spiro atoms. The Morgan fingerprint density at radius 2 is 2.10 bits per heavy atom. The second kappa shape index (κ2) is 8.39. The third-order valence-electron chi connectivity index (χ3n) is 4.27. The fourth-order valence-corrected chi connectivity index (χ4v) is 3.10. The molecule has 0 radical (unpaired) electrons. The number of rotatable bonds is 5. The summed E-state index contributed by atoms with van der Waals surface area (Å²) < 4.78 is 5.18. The maximum absolute atomic E-state index is 12.5. The summed E-state index contributed by atoms with van der Waals surface area (Å²) in [4.78, 5) is 12.5. The minimum atomic E-state index is -0.0957. The zero-order valence-electron chi connectivity index (χ0n) is 12.9. The highest BCUT2D eigenvalue weighted by atomic mass is 35.5. The highest BCUT2D eigenvalue weighted by Gasteiger charge is 2.27. The van der Waals surface area contributed by atoms with Crippen LogP contribution in [0.5, 0.6) is 0 Å². The Labute approximate surface area is 132 Å². The van der Waals surface area contributed by atoms with Crippen molar-refractivity contribution < 1.29 is 9.32 Å². The number of hydrogen-bond donors (Lipinski definition) is 2. The lowest BCUT2D eigenvalue weighted by atomic mass is 9.84. The Kier molecular flexibility index (Phi) is 7.18. The number of amides is 1. The minimum Gasteiger partial charge on any atom is -0.360 e. The summed E-state index contributed by atoms with van der Waals surface area (Å²) in [5, 5.41) is 6.98. The van der Waals surface area contributed by atoms with Gasteiger partial charge in [0.25, 0.3) is 5.91 Å². The van der Waals surface area contributed by atoms with Crippen LogP contribution < -0.4 is 11.1 Å². The van der Waals surface area contributed by atoms with Crippen molar-refractivity contribution in [2.24, 2.45) is 11.7 Å². The third kappa shape index (κ3) is 4.20. The topological polar surface area (TPSA) is 81.2 Å². The second-order valence-corrected chi connectivity index (χ2v) is 5.63. The highest BCUT2D eigenvalue weighted by molar-refractivity contribution is 5.96. The SMILES string of the molecule is CCc1onc(C)c1C(=O)NC(CN)C1CCCCC1.Cl. The second-order valence-electron chi connectivity index (χ2n) is 5.63. The highest BCUT2D eigenvalue weighted by Crippen LogP contribution is 2.26. The molecule has 2 rings (SSSR count). The van der Waals surface area contributed by atoms with Gasteiger partial charge in [0.05, 0.1) is 5.69 Å². The predicted octanol–water partition coefficient (Wildman–Crippen LogP) is 2.60. The summed E-state index contributed by atoms with van der Waals surface area (Å²) in [6.45, 7) is 4.25. The van der Waals surface area contributed by atoms with Crippen molar-refractivity contribution in [2.75, 3.05) is 6.54 Å². The monoisotopic (exact) mass is 315 g/mol. The molecule has 1 aromatic rings. The summed E-state index contributed by atoms with van der Waals surface area (Å²) in [6.07, 6.45) is 6.76. The number of carbonyl (C=O) groups is 1. The van der Waals surface area contributed by atoms with Gasteiger partial charge in [-0.25, -0.2) is 0 Å². The Balaban J connectivity index is 0.00000220. The first-order valence-electron chi connectivity index (χ1n) is 7.63. The van der Waals surface area contributed by atoms with Crippen molar-refractivity contribution in [2.45, 2.75) is 58.4 Å². The van der Waals surface area contributed by atoms with Crippen LogP contribution in [-0.4, -0.2) is 23.7 Å². The fraction of sp³-hybridized carbons (Fsp3) is 0.733. The number of halogens is 1. The average molecular weight is 316 g/mol. The number of carbonyl (C=O) groups excluding carboxylic acids is 1. The summed E-state index contributed by atoms with van der Waals surface area (Å²) >= 11 is 0. The van der Waals surface area contributed by atoms with E-state index < -0.39 is 0 Å². The Bertz CT molecular complexity index is 456. The molecule has 120 valence electrons. The van der Waals surface area contributed by atoms with Gasteiger partial charge in [0.15, 0.2) is 0 Å². The predicted molar refractivity (Wildman–Crippen MR) is 84.7 cm³/mol. The van der Waals surface area contributed by atoms with Gasteiger partial charge < -0.3 is 15.6 Å². The van der Waals surface area contributed by atoms with Crippen LogP contribution in [0.15, 0.2) is 4.52 Å². The van der Waals surface area contributed by atoms with Gasteiger partial charge in [0.2, 0.25) is 0 Å². The Morgan fingerprint density at radius 1 is 1.43 bits per heavy atom. The molecule has 1 aromatic heterocycles. The minimum absolute atomic E-state index is 0. The van der Waals surface area contributed by atoms with Gasteiger partial charge in [-0.3, -0.25) is 4.79 Å². The van der Waals surface area contributed by atoms with E-state index in [4.69, 9.17) is 10.3 Å². The molecule has 1 atom stereocenters. The number of nitrogens with zero attached hydrogens (tertiary/aromatic N) is 1. The third-order valence-corrected chi connectivity index (χ3v) is 4.27. The lowest BCUT2D eigenvalue weighted by molar-refractivity contribution is 0.0913. The molecule has 0 aromatic carbocycles. The molecule has 6 heteroatoms. The molecule has 3 N–H and O–H groups in total. The number of nitrogens with two attached hydrogens (primary N) is 1. The van der Waals surface area contributed by atoms with Gasteiger partial charge in [0, 0.05) is 19.0 Å².